The van der Waals surface area contributed by atoms with Gasteiger partial charge in [-0.15, -0.1) is 11.8 Å². The first kappa shape index (κ1) is 18.8. The molecule has 1 atom stereocenters. The summed E-state index contributed by atoms with van der Waals surface area (Å²) in [6, 6.07) is 10.7. The van der Waals surface area contributed by atoms with Gasteiger partial charge in [0, 0.05) is 10.8 Å². The van der Waals surface area contributed by atoms with Crippen LogP contribution in [0.3, 0.4) is 0 Å². The molecule has 0 saturated heterocycles. The molecule has 1 N–H and O–H groups in total. The predicted molar refractivity (Wildman–Crippen MR) is 100 cm³/mol. The lowest BCUT2D eigenvalue weighted by atomic mass is 10.0. The van der Waals surface area contributed by atoms with Crippen molar-refractivity contribution in [1.82, 2.24) is 5.32 Å². The molecule has 128 valence electrons. The zero-order chi connectivity index (χ0) is 17.7. The number of amides is 1. The summed E-state index contributed by atoms with van der Waals surface area (Å²) in [5.74, 6) is 0.338. The smallest absolute Gasteiger partial charge is 0.230 e. The molecule has 2 nitrogen and oxygen atoms in total. The van der Waals surface area contributed by atoms with Gasteiger partial charge >= 0.3 is 0 Å². The van der Waals surface area contributed by atoms with Gasteiger partial charge in [-0.1, -0.05) is 35.9 Å². The predicted octanol–water partition coefficient (Wildman–Crippen LogP) is 5.21. The van der Waals surface area contributed by atoms with Crippen molar-refractivity contribution in [3.8, 4) is 0 Å². The molecule has 2 aromatic rings. The van der Waals surface area contributed by atoms with Crippen molar-refractivity contribution in [2.24, 2.45) is 0 Å². The van der Waals surface area contributed by atoms with Crippen LogP contribution in [0.1, 0.15) is 35.2 Å². The maximum atomic E-state index is 13.7. The van der Waals surface area contributed by atoms with Crippen molar-refractivity contribution in [3.63, 3.8) is 0 Å². The Labute approximate surface area is 151 Å². The zero-order valence-electron chi connectivity index (χ0n) is 14.0. The topological polar surface area (TPSA) is 29.1 Å². The number of thioether (sulfide) groups is 1. The average molecular weight is 366 g/mol. The van der Waals surface area contributed by atoms with Crippen LogP contribution in [0.25, 0.3) is 0 Å². The summed E-state index contributed by atoms with van der Waals surface area (Å²) in [7, 11) is 0. The van der Waals surface area contributed by atoms with Crippen LogP contribution < -0.4 is 5.32 Å². The Kier molecular flexibility index (Phi) is 6.69. The standard InChI is InChI=1S/C19H21ClFNOS/c1-12-4-5-15(8-13(12)2)14(3)22-19(23)11-24-10-16-6-7-17(20)9-18(16)21/h4-9,14H,10-11H2,1-3H3,(H,22,23)/t14-/m1/s1. The van der Waals surface area contributed by atoms with Gasteiger partial charge in [-0.2, -0.15) is 0 Å². The van der Waals surface area contributed by atoms with Gasteiger partial charge in [-0.25, -0.2) is 4.39 Å². The van der Waals surface area contributed by atoms with E-state index in [-0.39, 0.29) is 23.5 Å². The number of carbonyl (C=O) groups excluding carboxylic acids is 1. The first-order valence-electron chi connectivity index (χ1n) is 7.75. The third kappa shape index (κ3) is 5.25. The molecule has 0 aliphatic rings. The number of rotatable bonds is 6. The van der Waals surface area contributed by atoms with E-state index >= 15 is 0 Å². The highest BCUT2D eigenvalue weighted by Crippen LogP contribution is 2.20. The van der Waals surface area contributed by atoms with Crippen molar-refractivity contribution in [3.05, 3.63) is 69.5 Å². The second-order valence-electron chi connectivity index (χ2n) is 5.86. The van der Waals surface area contributed by atoms with Gasteiger partial charge in [0.15, 0.2) is 0 Å². The number of benzene rings is 2. The van der Waals surface area contributed by atoms with Gasteiger partial charge in [-0.05, 0) is 55.2 Å². The van der Waals surface area contributed by atoms with E-state index in [1.165, 1.54) is 29.0 Å². The molecule has 0 saturated carbocycles. The zero-order valence-corrected chi connectivity index (χ0v) is 15.6. The minimum absolute atomic E-state index is 0.0512. The highest BCUT2D eigenvalue weighted by atomic mass is 35.5. The van der Waals surface area contributed by atoms with E-state index in [1.807, 2.05) is 13.0 Å². The fourth-order valence-corrected chi connectivity index (χ4v) is 3.28. The van der Waals surface area contributed by atoms with Crippen LogP contribution >= 0.6 is 23.4 Å². The van der Waals surface area contributed by atoms with Crippen molar-refractivity contribution in [2.45, 2.75) is 32.6 Å². The molecule has 0 unspecified atom stereocenters. The quantitative estimate of drug-likeness (QED) is 0.761. The summed E-state index contributed by atoms with van der Waals surface area (Å²) in [5, 5.41) is 3.35. The fourth-order valence-electron chi connectivity index (χ4n) is 2.29. The SMILES string of the molecule is Cc1ccc([C@@H](C)NC(=O)CSCc2ccc(Cl)cc2F)cc1C. The number of aryl methyl sites for hydroxylation is 2. The van der Waals surface area contributed by atoms with E-state index in [1.54, 1.807) is 12.1 Å². The molecule has 0 bridgehead atoms. The second-order valence-corrected chi connectivity index (χ2v) is 7.28. The molecular formula is C19H21ClFNOS. The molecule has 0 radical (unpaired) electrons. The molecule has 0 fully saturated rings. The average Bonchev–Trinajstić information content (AvgIpc) is 2.52. The van der Waals surface area contributed by atoms with Crippen LogP contribution in [0.5, 0.6) is 0 Å². The summed E-state index contributed by atoms with van der Waals surface area (Å²) in [6.07, 6.45) is 0. The Morgan fingerprint density at radius 2 is 1.96 bits per heavy atom. The minimum atomic E-state index is -0.334. The van der Waals surface area contributed by atoms with Crippen molar-refractivity contribution < 1.29 is 9.18 Å². The third-order valence-corrected chi connectivity index (χ3v) is 5.13. The Morgan fingerprint density at radius 1 is 1.21 bits per heavy atom. The van der Waals surface area contributed by atoms with E-state index in [0.717, 1.165) is 5.56 Å². The third-order valence-electron chi connectivity index (χ3n) is 3.91. The van der Waals surface area contributed by atoms with Crippen molar-refractivity contribution in [1.29, 1.82) is 0 Å². The Morgan fingerprint density at radius 3 is 2.62 bits per heavy atom. The number of hydrogen-bond donors (Lipinski definition) is 1. The lowest BCUT2D eigenvalue weighted by Gasteiger charge is -2.15. The molecule has 2 rings (SSSR count). The van der Waals surface area contributed by atoms with Gasteiger partial charge in [0.2, 0.25) is 5.91 Å². The highest BCUT2D eigenvalue weighted by Gasteiger charge is 2.11. The van der Waals surface area contributed by atoms with E-state index in [4.69, 9.17) is 11.6 Å². The van der Waals surface area contributed by atoms with Gasteiger partial charge in [-0.3, -0.25) is 4.79 Å². The van der Waals surface area contributed by atoms with E-state index in [2.05, 4.69) is 31.3 Å². The van der Waals surface area contributed by atoms with Gasteiger partial charge < -0.3 is 5.32 Å². The van der Waals surface area contributed by atoms with Crippen LogP contribution in [-0.4, -0.2) is 11.7 Å². The summed E-state index contributed by atoms with van der Waals surface area (Å²) in [4.78, 5) is 12.1. The summed E-state index contributed by atoms with van der Waals surface area (Å²) in [6.45, 7) is 6.09. The first-order valence-corrected chi connectivity index (χ1v) is 9.28. The van der Waals surface area contributed by atoms with E-state index in [9.17, 15) is 9.18 Å². The molecular weight excluding hydrogens is 345 g/mol. The highest BCUT2D eigenvalue weighted by molar-refractivity contribution is 7.99. The van der Waals surface area contributed by atoms with Gasteiger partial charge in [0.25, 0.3) is 0 Å². The summed E-state index contributed by atoms with van der Waals surface area (Å²) >= 11 is 7.11. The van der Waals surface area contributed by atoms with Crippen LogP contribution in [0.15, 0.2) is 36.4 Å². The minimum Gasteiger partial charge on any atom is -0.349 e. The van der Waals surface area contributed by atoms with Crippen molar-refractivity contribution >= 4 is 29.3 Å². The lowest BCUT2D eigenvalue weighted by molar-refractivity contribution is -0.119. The van der Waals surface area contributed by atoms with Crippen molar-refractivity contribution in [2.75, 3.05) is 5.75 Å². The number of halogens is 2. The molecule has 1 amide bonds. The normalized spacial score (nSPS) is 12.0. The summed E-state index contributed by atoms with van der Waals surface area (Å²) in [5.41, 5.74) is 4.08. The van der Waals surface area contributed by atoms with Crippen LogP contribution in [0.4, 0.5) is 4.39 Å². The fraction of sp³-hybridized carbons (Fsp3) is 0.316. The maximum absolute atomic E-state index is 13.7. The largest absolute Gasteiger partial charge is 0.349 e. The van der Waals surface area contributed by atoms with Gasteiger partial charge in [0.1, 0.15) is 5.82 Å². The number of hydrogen-bond acceptors (Lipinski definition) is 2. The molecule has 0 heterocycles. The van der Waals surface area contributed by atoms with Crippen LogP contribution in [-0.2, 0) is 10.5 Å². The van der Waals surface area contributed by atoms with Gasteiger partial charge in [0.05, 0.1) is 11.8 Å². The molecule has 0 aromatic heterocycles. The first-order chi connectivity index (χ1) is 11.4. The Balaban J connectivity index is 1.83. The summed E-state index contributed by atoms with van der Waals surface area (Å²) < 4.78 is 13.7. The monoisotopic (exact) mass is 365 g/mol. The Bertz CT molecular complexity index is 735. The van der Waals surface area contributed by atoms with E-state index in [0.29, 0.717) is 16.3 Å². The molecule has 0 spiro atoms. The second kappa shape index (κ2) is 8.54. The van der Waals surface area contributed by atoms with Crippen LogP contribution in [0, 0.1) is 19.7 Å². The maximum Gasteiger partial charge on any atom is 0.230 e. The molecule has 0 aliphatic heterocycles. The molecule has 0 aliphatic carbocycles. The molecule has 2 aromatic carbocycles. The number of nitrogens with one attached hydrogen (secondary N) is 1. The van der Waals surface area contributed by atoms with E-state index < -0.39 is 0 Å². The lowest BCUT2D eigenvalue weighted by Crippen LogP contribution is -2.28. The van der Waals surface area contributed by atoms with Crippen LogP contribution in [0.2, 0.25) is 5.02 Å². The Hall–Kier alpha value is -1.52. The molecule has 24 heavy (non-hydrogen) atoms. The molecule has 5 heteroatoms. The number of carbonyl (C=O) groups is 1.